The third-order valence-corrected chi connectivity index (χ3v) is 6.55. The molecule has 0 saturated carbocycles. The molecular weight excluding hydrogens is 424 g/mol. The number of fused-ring (bicyclic) bond motifs is 4. The maximum atomic E-state index is 5.12. The van der Waals surface area contributed by atoms with Gasteiger partial charge in [0.05, 0.1) is 11.4 Å². The summed E-state index contributed by atoms with van der Waals surface area (Å²) >= 11 is 0. The van der Waals surface area contributed by atoms with Gasteiger partial charge in [-0.15, -0.1) is 0 Å². The highest BCUT2D eigenvalue weighted by atomic mass is 14.9. The summed E-state index contributed by atoms with van der Waals surface area (Å²) in [6, 6.07) is 38.5. The quantitative estimate of drug-likeness (QED) is 0.210. The Hall–Kier alpha value is -4.43. The smallest absolute Gasteiger partial charge is 0.0789 e. The van der Waals surface area contributed by atoms with Crippen LogP contribution in [0.5, 0.6) is 0 Å². The number of nitrogens with one attached hydrogen (secondary N) is 1. The highest BCUT2D eigenvalue weighted by Gasteiger charge is 2.09. The van der Waals surface area contributed by atoms with E-state index in [1.165, 1.54) is 43.1 Å². The molecule has 0 radical (unpaired) electrons. The molecule has 0 aliphatic carbocycles. The summed E-state index contributed by atoms with van der Waals surface area (Å²) in [5.41, 5.74) is 4.17. The number of benzene rings is 6. The number of anilines is 1. The Balaban J connectivity index is 1.45. The summed E-state index contributed by atoms with van der Waals surface area (Å²) in [6.45, 7) is 4.18. The first-order chi connectivity index (χ1) is 17.2. The lowest BCUT2D eigenvalue weighted by atomic mass is 10.0. The maximum absolute atomic E-state index is 5.12. The molecule has 35 heavy (non-hydrogen) atoms. The zero-order chi connectivity index (χ0) is 23.8. The Morgan fingerprint density at radius 2 is 0.971 bits per heavy atom. The third-order valence-electron chi connectivity index (χ3n) is 6.55. The molecule has 0 aromatic heterocycles. The number of hydrogen-bond donors (Lipinski definition) is 1. The molecule has 0 amide bonds. The van der Waals surface area contributed by atoms with Crippen molar-refractivity contribution < 1.29 is 0 Å². The van der Waals surface area contributed by atoms with E-state index in [9.17, 15) is 0 Å². The van der Waals surface area contributed by atoms with Crippen LogP contribution < -0.4 is 5.32 Å². The summed E-state index contributed by atoms with van der Waals surface area (Å²) in [7, 11) is 0. The molecule has 0 unspecified atom stereocenters. The van der Waals surface area contributed by atoms with Crippen molar-refractivity contribution in [2.45, 2.75) is 13.8 Å². The van der Waals surface area contributed by atoms with Crippen molar-refractivity contribution in [3.63, 3.8) is 0 Å². The first-order valence-corrected chi connectivity index (χ1v) is 12.0. The molecule has 1 N–H and O–H groups in total. The van der Waals surface area contributed by atoms with Crippen molar-refractivity contribution in [3.05, 3.63) is 121 Å². The van der Waals surface area contributed by atoms with Crippen molar-refractivity contribution in [1.82, 2.24) is 0 Å². The van der Waals surface area contributed by atoms with E-state index in [4.69, 9.17) is 4.99 Å². The number of aliphatic imine (C=N–C) groups is 1. The van der Waals surface area contributed by atoms with Crippen molar-refractivity contribution >= 4 is 60.2 Å². The molecule has 0 aliphatic rings. The Labute approximate surface area is 205 Å². The lowest BCUT2D eigenvalue weighted by molar-refractivity contribution is 1.40. The molecule has 2 heteroatoms. The van der Waals surface area contributed by atoms with Crippen LogP contribution in [-0.4, -0.2) is 5.71 Å². The second-order valence-electron chi connectivity index (χ2n) is 9.07. The van der Waals surface area contributed by atoms with Gasteiger partial charge in [-0.05, 0) is 53.6 Å². The largest absolute Gasteiger partial charge is 0.358 e. The predicted molar refractivity (Wildman–Crippen MR) is 153 cm³/mol. The van der Waals surface area contributed by atoms with Crippen LogP contribution in [-0.2, 0) is 0 Å². The lowest BCUT2D eigenvalue weighted by Gasteiger charge is -2.14. The van der Waals surface area contributed by atoms with Crippen LogP contribution in [0.25, 0.3) is 43.1 Å². The minimum Gasteiger partial charge on any atom is -0.358 e. The van der Waals surface area contributed by atoms with Gasteiger partial charge in [0.25, 0.3) is 0 Å². The van der Waals surface area contributed by atoms with Crippen molar-refractivity contribution in [2.75, 3.05) is 5.32 Å². The van der Waals surface area contributed by atoms with Gasteiger partial charge in [0.1, 0.15) is 0 Å². The van der Waals surface area contributed by atoms with Gasteiger partial charge in [0.2, 0.25) is 0 Å². The third kappa shape index (κ3) is 3.94. The van der Waals surface area contributed by atoms with E-state index < -0.39 is 0 Å². The van der Waals surface area contributed by atoms with Gasteiger partial charge in [-0.3, -0.25) is 4.99 Å². The normalized spacial score (nSPS) is 12.6. The van der Waals surface area contributed by atoms with Crippen molar-refractivity contribution in [3.8, 4) is 0 Å². The Morgan fingerprint density at radius 3 is 1.46 bits per heavy atom. The monoisotopic (exact) mass is 450 g/mol. The molecule has 0 aliphatic heterocycles. The van der Waals surface area contributed by atoms with E-state index in [0.717, 1.165) is 22.8 Å². The number of allylic oxidation sites excluding steroid dienone is 2. The molecule has 6 aromatic carbocycles. The molecule has 0 heterocycles. The fourth-order valence-electron chi connectivity index (χ4n) is 5.01. The van der Waals surface area contributed by atoms with E-state index >= 15 is 0 Å². The van der Waals surface area contributed by atoms with E-state index in [1.807, 2.05) is 0 Å². The van der Waals surface area contributed by atoms with Crippen LogP contribution in [0.4, 0.5) is 11.4 Å². The molecule has 6 rings (SSSR count). The predicted octanol–water partition coefficient (Wildman–Crippen LogP) is 9.41. The van der Waals surface area contributed by atoms with Crippen molar-refractivity contribution in [1.29, 1.82) is 0 Å². The summed E-state index contributed by atoms with van der Waals surface area (Å²) in [5.74, 6) is 0. The Bertz CT molecular complexity index is 1680. The highest BCUT2D eigenvalue weighted by Crippen LogP contribution is 2.36. The number of nitrogens with zero attached hydrogens (tertiary/aromatic N) is 1. The summed E-state index contributed by atoms with van der Waals surface area (Å²) in [6.07, 6.45) is 2.13. The maximum Gasteiger partial charge on any atom is 0.0789 e. The van der Waals surface area contributed by atoms with E-state index in [1.54, 1.807) is 0 Å². The molecule has 0 spiro atoms. The molecular formula is C33H26N2. The average molecular weight is 451 g/mol. The number of rotatable bonds is 4. The molecule has 0 fully saturated rings. The minimum absolute atomic E-state index is 0.959. The topological polar surface area (TPSA) is 24.4 Å². The second-order valence-corrected chi connectivity index (χ2v) is 9.07. The highest BCUT2D eigenvalue weighted by molar-refractivity contribution is 6.13. The van der Waals surface area contributed by atoms with Crippen LogP contribution in [0.3, 0.4) is 0 Å². The van der Waals surface area contributed by atoms with Crippen LogP contribution >= 0.6 is 0 Å². The summed E-state index contributed by atoms with van der Waals surface area (Å²) < 4.78 is 0. The Kier molecular flexibility index (Phi) is 5.27. The average Bonchev–Trinajstić information content (AvgIpc) is 2.88. The zero-order valence-corrected chi connectivity index (χ0v) is 19.9. The molecule has 0 atom stereocenters. The first-order valence-electron chi connectivity index (χ1n) is 12.0. The van der Waals surface area contributed by atoms with Crippen LogP contribution in [0.1, 0.15) is 13.8 Å². The van der Waals surface area contributed by atoms with Gasteiger partial charge in [0.15, 0.2) is 0 Å². The van der Waals surface area contributed by atoms with E-state index in [0.29, 0.717) is 0 Å². The van der Waals surface area contributed by atoms with Gasteiger partial charge in [-0.25, -0.2) is 0 Å². The fourth-order valence-corrected chi connectivity index (χ4v) is 5.01. The van der Waals surface area contributed by atoms with Crippen molar-refractivity contribution in [2.24, 2.45) is 4.99 Å². The lowest BCUT2D eigenvalue weighted by Crippen LogP contribution is -2.00. The van der Waals surface area contributed by atoms with Gasteiger partial charge >= 0.3 is 0 Å². The van der Waals surface area contributed by atoms with E-state index in [2.05, 4.69) is 134 Å². The second kappa shape index (κ2) is 8.73. The zero-order valence-electron chi connectivity index (χ0n) is 19.9. The van der Waals surface area contributed by atoms with Gasteiger partial charge < -0.3 is 5.32 Å². The Morgan fingerprint density at radius 1 is 0.571 bits per heavy atom. The number of hydrogen-bond acceptors (Lipinski definition) is 2. The SMILES string of the molecule is CC(=CC(C)=Nc1c2ccccc2cc2ccccc12)Nc1c2ccccc2cc2ccccc12. The van der Waals surface area contributed by atoms with Gasteiger partial charge in [-0.1, -0.05) is 97.1 Å². The molecule has 168 valence electrons. The standard InChI is InChI=1S/C33H26N2/c1-22(34-32-28-15-7-3-11-24(28)20-25-12-4-8-16-29(25)32)19-23(2)35-33-30-17-9-5-13-26(30)21-27-14-6-10-18-31(27)33/h3-21,34H,1-2H3. The summed E-state index contributed by atoms with van der Waals surface area (Å²) in [5, 5.41) is 13.3. The molecule has 0 bridgehead atoms. The van der Waals surface area contributed by atoms with Crippen LogP contribution in [0.2, 0.25) is 0 Å². The van der Waals surface area contributed by atoms with Gasteiger partial charge in [-0.2, -0.15) is 0 Å². The molecule has 0 saturated heterocycles. The molecule has 6 aromatic rings. The van der Waals surface area contributed by atoms with Crippen LogP contribution in [0, 0.1) is 0 Å². The van der Waals surface area contributed by atoms with Gasteiger partial charge in [0, 0.05) is 33.0 Å². The van der Waals surface area contributed by atoms with E-state index in [-0.39, 0.29) is 0 Å². The first kappa shape index (κ1) is 21.1. The fraction of sp³-hybridized carbons (Fsp3) is 0.0606. The van der Waals surface area contributed by atoms with Crippen LogP contribution in [0.15, 0.2) is 126 Å². The summed E-state index contributed by atoms with van der Waals surface area (Å²) in [4.78, 5) is 5.12. The molecule has 2 nitrogen and oxygen atoms in total. The minimum atomic E-state index is 0.959.